The van der Waals surface area contributed by atoms with Crippen LogP contribution in [0, 0.1) is 6.92 Å². The van der Waals surface area contributed by atoms with Crippen molar-refractivity contribution in [3.63, 3.8) is 0 Å². The summed E-state index contributed by atoms with van der Waals surface area (Å²) in [6.07, 6.45) is 1.48. The molecule has 2 N–H and O–H groups in total. The van der Waals surface area contributed by atoms with E-state index in [0.717, 1.165) is 37.0 Å². The number of hydrogen-bond acceptors (Lipinski definition) is 6. The standard InChI is InChI=1S/C17H16N4O2S2/c1-9-20-21-14(24-9)5-7-18-16(22)10-2-3-13-12(8-10)11-4-6-19-17(23)15(11)25-13/h2-3,8H,4-7H2,1H3,(H,18,22)(H,19,23). The molecule has 1 aromatic carbocycles. The number of thiophene rings is 1. The van der Waals surface area contributed by atoms with Gasteiger partial charge in [0.15, 0.2) is 0 Å². The molecule has 0 bridgehead atoms. The molecular formula is C17H16N4O2S2. The molecule has 0 saturated heterocycles. The Labute approximate surface area is 152 Å². The largest absolute Gasteiger partial charge is 0.352 e. The van der Waals surface area contributed by atoms with Crippen LogP contribution in [0.4, 0.5) is 0 Å². The number of hydrogen-bond donors (Lipinski definition) is 2. The van der Waals surface area contributed by atoms with Crippen molar-refractivity contribution in [2.45, 2.75) is 19.8 Å². The fourth-order valence-corrected chi connectivity index (χ4v) is 4.78. The monoisotopic (exact) mass is 372 g/mol. The zero-order valence-corrected chi connectivity index (χ0v) is 15.2. The van der Waals surface area contributed by atoms with E-state index in [1.807, 2.05) is 25.1 Å². The normalized spacial score (nSPS) is 13.6. The smallest absolute Gasteiger partial charge is 0.261 e. The maximum atomic E-state index is 12.4. The highest BCUT2D eigenvalue weighted by atomic mass is 32.1. The highest BCUT2D eigenvalue weighted by Gasteiger charge is 2.22. The summed E-state index contributed by atoms with van der Waals surface area (Å²) in [5, 5.41) is 16.7. The molecular weight excluding hydrogens is 356 g/mol. The Bertz CT molecular complexity index is 976. The lowest BCUT2D eigenvalue weighted by atomic mass is 10.0. The van der Waals surface area contributed by atoms with E-state index in [1.54, 1.807) is 11.3 Å². The van der Waals surface area contributed by atoms with E-state index in [4.69, 9.17) is 0 Å². The SMILES string of the molecule is Cc1nnc(CCNC(=O)c2ccc3sc4c(c3c2)CCNC4=O)s1. The zero-order valence-electron chi connectivity index (χ0n) is 13.6. The molecule has 8 heteroatoms. The summed E-state index contributed by atoms with van der Waals surface area (Å²) in [6, 6.07) is 5.63. The number of carbonyl (C=O) groups is 2. The zero-order chi connectivity index (χ0) is 17.4. The minimum absolute atomic E-state index is 0.0131. The van der Waals surface area contributed by atoms with Crippen molar-refractivity contribution in [1.29, 1.82) is 0 Å². The first-order valence-electron chi connectivity index (χ1n) is 8.02. The summed E-state index contributed by atoms with van der Waals surface area (Å²) in [6.45, 7) is 3.09. The number of carbonyl (C=O) groups excluding carboxylic acids is 2. The van der Waals surface area contributed by atoms with Crippen molar-refractivity contribution < 1.29 is 9.59 Å². The molecule has 1 aliphatic heterocycles. The second-order valence-corrected chi connectivity index (χ2v) is 8.17. The molecule has 0 unspecified atom stereocenters. The van der Waals surface area contributed by atoms with Gasteiger partial charge in [-0.2, -0.15) is 0 Å². The molecule has 25 heavy (non-hydrogen) atoms. The molecule has 3 heterocycles. The van der Waals surface area contributed by atoms with Gasteiger partial charge in [0.25, 0.3) is 11.8 Å². The number of nitrogens with zero attached hydrogens (tertiary/aromatic N) is 2. The van der Waals surface area contributed by atoms with Crippen molar-refractivity contribution in [2.75, 3.05) is 13.1 Å². The van der Waals surface area contributed by atoms with E-state index in [9.17, 15) is 9.59 Å². The lowest BCUT2D eigenvalue weighted by Crippen LogP contribution is -2.30. The van der Waals surface area contributed by atoms with Gasteiger partial charge in [-0.3, -0.25) is 9.59 Å². The first-order chi connectivity index (χ1) is 12.1. The number of aromatic nitrogens is 2. The van der Waals surface area contributed by atoms with Crippen molar-refractivity contribution in [1.82, 2.24) is 20.8 Å². The van der Waals surface area contributed by atoms with Crippen molar-refractivity contribution in [3.8, 4) is 0 Å². The molecule has 0 aliphatic carbocycles. The molecule has 6 nitrogen and oxygen atoms in total. The van der Waals surface area contributed by atoms with Gasteiger partial charge in [-0.1, -0.05) is 0 Å². The van der Waals surface area contributed by atoms with Gasteiger partial charge in [0.1, 0.15) is 10.0 Å². The second-order valence-electron chi connectivity index (χ2n) is 5.85. The average molecular weight is 372 g/mol. The summed E-state index contributed by atoms with van der Waals surface area (Å²) >= 11 is 3.03. The minimum Gasteiger partial charge on any atom is -0.352 e. The third kappa shape index (κ3) is 3.14. The average Bonchev–Trinajstić information content (AvgIpc) is 3.18. The number of aryl methyl sites for hydroxylation is 1. The van der Waals surface area contributed by atoms with Crippen molar-refractivity contribution in [3.05, 3.63) is 44.2 Å². The Hall–Kier alpha value is -2.32. The van der Waals surface area contributed by atoms with Crippen LogP contribution < -0.4 is 10.6 Å². The Morgan fingerprint density at radius 1 is 1.32 bits per heavy atom. The predicted molar refractivity (Wildman–Crippen MR) is 98.5 cm³/mol. The Balaban J connectivity index is 1.50. The van der Waals surface area contributed by atoms with Gasteiger partial charge in [-0.25, -0.2) is 0 Å². The van der Waals surface area contributed by atoms with Crippen LogP contribution in [0.25, 0.3) is 10.1 Å². The summed E-state index contributed by atoms with van der Waals surface area (Å²) in [5.74, 6) is -0.121. The van der Waals surface area contributed by atoms with Crippen LogP contribution in [-0.2, 0) is 12.8 Å². The van der Waals surface area contributed by atoms with E-state index in [-0.39, 0.29) is 11.8 Å². The molecule has 4 rings (SSSR count). The van der Waals surface area contributed by atoms with Crippen LogP contribution in [0.15, 0.2) is 18.2 Å². The van der Waals surface area contributed by atoms with Gasteiger partial charge in [0.2, 0.25) is 0 Å². The van der Waals surface area contributed by atoms with Gasteiger partial charge in [0, 0.05) is 29.8 Å². The summed E-state index contributed by atoms with van der Waals surface area (Å²) < 4.78 is 1.04. The molecule has 0 spiro atoms. The van der Waals surface area contributed by atoms with E-state index in [2.05, 4.69) is 20.8 Å². The Morgan fingerprint density at radius 3 is 3.00 bits per heavy atom. The quantitative estimate of drug-likeness (QED) is 0.736. The highest BCUT2D eigenvalue weighted by Crippen LogP contribution is 2.33. The third-order valence-corrected chi connectivity index (χ3v) is 6.22. The van der Waals surface area contributed by atoms with E-state index >= 15 is 0 Å². The molecule has 0 radical (unpaired) electrons. The van der Waals surface area contributed by atoms with E-state index < -0.39 is 0 Å². The summed E-state index contributed by atoms with van der Waals surface area (Å²) in [4.78, 5) is 25.1. The van der Waals surface area contributed by atoms with Gasteiger partial charge < -0.3 is 10.6 Å². The number of rotatable bonds is 4. The molecule has 2 amide bonds. The van der Waals surface area contributed by atoms with Crippen molar-refractivity contribution in [2.24, 2.45) is 0 Å². The van der Waals surface area contributed by atoms with Crippen LogP contribution in [0.3, 0.4) is 0 Å². The first kappa shape index (κ1) is 16.2. The minimum atomic E-state index is -0.108. The van der Waals surface area contributed by atoms with Crippen LogP contribution >= 0.6 is 22.7 Å². The number of nitrogens with one attached hydrogen (secondary N) is 2. The maximum absolute atomic E-state index is 12.4. The predicted octanol–water partition coefficient (Wildman–Crippen LogP) is 2.32. The lowest BCUT2D eigenvalue weighted by Gasteiger charge is -2.12. The van der Waals surface area contributed by atoms with Gasteiger partial charge in [-0.05, 0) is 42.5 Å². The fraction of sp³-hybridized carbons (Fsp3) is 0.294. The number of fused-ring (bicyclic) bond motifs is 3. The van der Waals surface area contributed by atoms with Gasteiger partial charge in [0.05, 0.1) is 4.88 Å². The first-order valence-corrected chi connectivity index (χ1v) is 9.66. The summed E-state index contributed by atoms with van der Waals surface area (Å²) in [5.41, 5.74) is 1.68. The Kier molecular flexibility index (Phi) is 4.22. The van der Waals surface area contributed by atoms with E-state index in [1.165, 1.54) is 11.3 Å². The molecule has 128 valence electrons. The van der Waals surface area contributed by atoms with Crippen LogP contribution in [0.2, 0.25) is 0 Å². The highest BCUT2D eigenvalue weighted by molar-refractivity contribution is 7.21. The van der Waals surface area contributed by atoms with Gasteiger partial charge in [-0.15, -0.1) is 32.9 Å². The lowest BCUT2D eigenvalue weighted by molar-refractivity contribution is 0.0944. The van der Waals surface area contributed by atoms with Crippen LogP contribution in [0.1, 0.15) is 35.6 Å². The van der Waals surface area contributed by atoms with E-state index in [0.29, 0.717) is 25.1 Å². The maximum Gasteiger partial charge on any atom is 0.261 e. The van der Waals surface area contributed by atoms with Crippen LogP contribution in [0.5, 0.6) is 0 Å². The molecule has 0 fully saturated rings. The molecule has 3 aromatic rings. The fourth-order valence-electron chi connectivity index (χ4n) is 2.93. The molecule has 0 atom stereocenters. The van der Waals surface area contributed by atoms with Crippen LogP contribution in [-0.4, -0.2) is 35.1 Å². The topological polar surface area (TPSA) is 84.0 Å². The Morgan fingerprint density at radius 2 is 2.20 bits per heavy atom. The number of amides is 2. The van der Waals surface area contributed by atoms with Gasteiger partial charge >= 0.3 is 0 Å². The molecule has 2 aromatic heterocycles. The summed E-state index contributed by atoms with van der Waals surface area (Å²) in [7, 11) is 0. The number of benzene rings is 1. The second kappa shape index (κ2) is 6.53. The molecule has 0 saturated carbocycles. The third-order valence-electron chi connectivity index (χ3n) is 4.11. The van der Waals surface area contributed by atoms with Crippen molar-refractivity contribution >= 4 is 44.6 Å². The molecule has 1 aliphatic rings.